The molecule has 0 aliphatic rings. The quantitative estimate of drug-likeness (QED) is 0.512. The first-order valence-corrected chi connectivity index (χ1v) is 7.66. The van der Waals surface area contributed by atoms with Gasteiger partial charge in [-0.2, -0.15) is 0 Å². The van der Waals surface area contributed by atoms with Gasteiger partial charge in [-0.05, 0) is 44.5 Å². The normalized spacial score (nSPS) is 12.5. The van der Waals surface area contributed by atoms with Crippen molar-refractivity contribution in [3.05, 3.63) is 65.2 Å². The van der Waals surface area contributed by atoms with E-state index in [-0.39, 0.29) is 5.78 Å². The maximum absolute atomic E-state index is 12.6. The molecule has 24 heavy (non-hydrogen) atoms. The van der Waals surface area contributed by atoms with Crippen LogP contribution in [0.3, 0.4) is 0 Å². The molecule has 0 heterocycles. The summed E-state index contributed by atoms with van der Waals surface area (Å²) in [6, 6.07) is 12.5. The molecule has 0 aliphatic heterocycles. The number of nitrogen functional groups attached to an aromatic ring is 1. The molecule has 0 fully saturated rings. The summed E-state index contributed by atoms with van der Waals surface area (Å²) in [5, 5.41) is 0. The fourth-order valence-corrected chi connectivity index (χ4v) is 2.23. The Morgan fingerprint density at radius 3 is 2.33 bits per heavy atom. The molecular formula is C19H22N2O3. The summed E-state index contributed by atoms with van der Waals surface area (Å²) in [5.41, 5.74) is 13.0. The number of rotatable bonds is 4. The first-order valence-electron chi connectivity index (χ1n) is 7.66. The van der Waals surface area contributed by atoms with E-state index in [1.165, 1.54) is 0 Å². The van der Waals surface area contributed by atoms with Gasteiger partial charge in [-0.25, -0.2) is 4.79 Å². The maximum atomic E-state index is 12.6. The highest BCUT2D eigenvalue weighted by Gasteiger charge is 2.24. The molecule has 2 aromatic rings. The summed E-state index contributed by atoms with van der Waals surface area (Å²) in [7, 11) is 0. The van der Waals surface area contributed by atoms with Gasteiger partial charge in [-0.15, -0.1) is 0 Å². The zero-order valence-corrected chi connectivity index (χ0v) is 14.1. The number of carbonyl (C=O) groups is 2. The molecule has 0 saturated heterocycles. The fraction of sp³-hybridized carbons (Fsp3) is 0.263. The van der Waals surface area contributed by atoms with Crippen molar-refractivity contribution in [1.82, 2.24) is 0 Å². The molecule has 1 unspecified atom stereocenters. The summed E-state index contributed by atoms with van der Waals surface area (Å²) in [4.78, 5) is 24.7. The lowest BCUT2D eigenvalue weighted by Crippen LogP contribution is -2.31. The van der Waals surface area contributed by atoms with Crippen molar-refractivity contribution in [1.29, 1.82) is 0 Å². The molecule has 0 radical (unpaired) electrons. The first-order chi connectivity index (χ1) is 11.2. The van der Waals surface area contributed by atoms with Gasteiger partial charge in [0.2, 0.25) is 0 Å². The number of hydrogen-bond donors (Lipinski definition) is 2. The Bertz CT molecular complexity index is 763. The van der Waals surface area contributed by atoms with Crippen molar-refractivity contribution in [3.8, 4) is 0 Å². The van der Waals surface area contributed by atoms with E-state index in [9.17, 15) is 9.59 Å². The molecule has 0 saturated carbocycles. The number of para-hydroxylation sites is 1. The predicted octanol–water partition coefficient (Wildman–Crippen LogP) is 2.84. The van der Waals surface area contributed by atoms with Crippen LogP contribution in [0.4, 0.5) is 5.69 Å². The zero-order valence-electron chi connectivity index (χ0n) is 14.1. The molecule has 2 aromatic carbocycles. The van der Waals surface area contributed by atoms with Gasteiger partial charge in [0.1, 0.15) is 11.6 Å². The molecule has 126 valence electrons. The van der Waals surface area contributed by atoms with Crippen LogP contribution in [0.15, 0.2) is 48.5 Å². The van der Waals surface area contributed by atoms with Crippen LogP contribution < -0.4 is 11.5 Å². The average molecular weight is 326 g/mol. The molecule has 0 aliphatic carbocycles. The van der Waals surface area contributed by atoms with Crippen LogP contribution in [0.1, 0.15) is 48.3 Å². The minimum atomic E-state index is -0.954. The van der Waals surface area contributed by atoms with Crippen molar-refractivity contribution in [2.75, 3.05) is 5.73 Å². The Morgan fingerprint density at radius 2 is 1.71 bits per heavy atom. The van der Waals surface area contributed by atoms with E-state index >= 15 is 0 Å². The van der Waals surface area contributed by atoms with E-state index in [0.717, 1.165) is 0 Å². The molecular weight excluding hydrogens is 304 g/mol. The largest absolute Gasteiger partial charge is 0.459 e. The standard InChI is InChI=1S/C19H22N2O3/c1-19(2,3)24-18(23)16(21)12-7-6-8-13(11-12)17(22)14-9-4-5-10-15(14)20/h4-11,16H,20-21H2,1-3H3. The second kappa shape index (κ2) is 6.84. The third-order valence-electron chi connectivity index (χ3n) is 3.37. The highest BCUT2D eigenvalue weighted by Crippen LogP contribution is 2.21. The first kappa shape index (κ1) is 17.7. The topological polar surface area (TPSA) is 95.4 Å². The third-order valence-corrected chi connectivity index (χ3v) is 3.37. The number of ketones is 1. The van der Waals surface area contributed by atoms with Crippen LogP contribution in [0.5, 0.6) is 0 Å². The van der Waals surface area contributed by atoms with Gasteiger partial charge < -0.3 is 16.2 Å². The predicted molar refractivity (Wildman–Crippen MR) is 93.5 cm³/mol. The number of nitrogens with two attached hydrogens (primary N) is 2. The Kier molecular flexibility index (Phi) is 5.04. The number of esters is 1. The highest BCUT2D eigenvalue weighted by molar-refractivity contribution is 6.12. The molecule has 0 aromatic heterocycles. The Morgan fingerprint density at radius 1 is 1.04 bits per heavy atom. The van der Waals surface area contributed by atoms with Crippen LogP contribution in [-0.4, -0.2) is 17.4 Å². The van der Waals surface area contributed by atoms with E-state index in [0.29, 0.717) is 22.4 Å². The van der Waals surface area contributed by atoms with Crippen molar-refractivity contribution >= 4 is 17.4 Å². The van der Waals surface area contributed by atoms with Gasteiger partial charge in [0, 0.05) is 16.8 Å². The van der Waals surface area contributed by atoms with Gasteiger partial charge in [0.15, 0.2) is 5.78 Å². The highest BCUT2D eigenvalue weighted by atomic mass is 16.6. The molecule has 2 rings (SSSR count). The number of carbonyl (C=O) groups excluding carboxylic acids is 2. The zero-order chi connectivity index (χ0) is 17.9. The van der Waals surface area contributed by atoms with E-state index in [1.54, 1.807) is 69.3 Å². The molecule has 0 bridgehead atoms. The molecule has 4 N–H and O–H groups in total. The number of benzene rings is 2. The summed E-state index contributed by atoms with van der Waals surface area (Å²) in [5.74, 6) is -0.752. The number of hydrogen-bond acceptors (Lipinski definition) is 5. The van der Waals surface area contributed by atoms with Gasteiger partial charge in [0.25, 0.3) is 0 Å². The van der Waals surface area contributed by atoms with Gasteiger partial charge in [0.05, 0.1) is 0 Å². The molecule has 1 atom stereocenters. The van der Waals surface area contributed by atoms with E-state index in [2.05, 4.69) is 0 Å². The third kappa shape index (κ3) is 4.20. The molecule has 0 spiro atoms. The second-order valence-electron chi connectivity index (χ2n) is 6.55. The van der Waals surface area contributed by atoms with E-state index in [4.69, 9.17) is 16.2 Å². The van der Waals surface area contributed by atoms with Crippen LogP contribution >= 0.6 is 0 Å². The summed E-state index contributed by atoms with van der Waals surface area (Å²) < 4.78 is 5.29. The Labute approximate surface area is 141 Å². The summed E-state index contributed by atoms with van der Waals surface area (Å²) >= 11 is 0. The lowest BCUT2D eigenvalue weighted by molar-refractivity contribution is -0.156. The van der Waals surface area contributed by atoms with Crippen molar-refractivity contribution < 1.29 is 14.3 Å². The van der Waals surface area contributed by atoms with Crippen molar-refractivity contribution in [2.24, 2.45) is 5.73 Å². The summed E-state index contributed by atoms with van der Waals surface area (Å²) in [6.45, 7) is 5.32. The minimum Gasteiger partial charge on any atom is -0.459 e. The second-order valence-corrected chi connectivity index (χ2v) is 6.55. The van der Waals surface area contributed by atoms with E-state index in [1.807, 2.05) is 0 Å². The van der Waals surface area contributed by atoms with Gasteiger partial charge in [-0.3, -0.25) is 4.79 Å². The monoisotopic (exact) mass is 326 g/mol. The number of ether oxygens (including phenoxy) is 1. The Hall–Kier alpha value is -2.66. The summed E-state index contributed by atoms with van der Waals surface area (Å²) in [6.07, 6.45) is 0. The van der Waals surface area contributed by atoms with Crippen molar-refractivity contribution in [3.63, 3.8) is 0 Å². The smallest absolute Gasteiger partial charge is 0.328 e. The number of anilines is 1. The van der Waals surface area contributed by atoms with Gasteiger partial charge >= 0.3 is 5.97 Å². The Balaban J connectivity index is 2.27. The average Bonchev–Trinajstić information content (AvgIpc) is 2.52. The van der Waals surface area contributed by atoms with Crippen LogP contribution in [0.25, 0.3) is 0 Å². The molecule has 0 amide bonds. The van der Waals surface area contributed by atoms with Crippen LogP contribution in [0.2, 0.25) is 0 Å². The lowest BCUT2D eigenvalue weighted by atomic mass is 9.98. The van der Waals surface area contributed by atoms with Crippen LogP contribution in [-0.2, 0) is 9.53 Å². The minimum absolute atomic E-state index is 0.216. The van der Waals surface area contributed by atoms with Gasteiger partial charge in [-0.1, -0.05) is 30.3 Å². The van der Waals surface area contributed by atoms with Crippen molar-refractivity contribution in [2.45, 2.75) is 32.4 Å². The lowest BCUT2D eigenvalue weighted by Gasteiger charge is -2.22. The molecule has 5 heteroatoms. The maximum Gasteiger partial charge on any atom is 0.328 e. The van der Waals surface area contributed by atoms with Crippen LogP contribution in [0, 0.1) is 0 Å². The molecule has 5 nitrogen and oxygen atoms in total. The SMILES string of the molecule is CC(C)(C)OC(=O)C(N)c1cccc(C(=O)c2ccccc2N)c1. The van der Waals surface area contributed by atoms with E-state index < -0.39 is 17.6 Å². The fourth-order valence-electron chi connectivity index (χ4n) is 2.23.